The van der Waals surface area contributed by atoms with Crippen molar-refractivity contribution in [3.63, 3.8) is 0 Å². The predicted molar refractivity (Wildman–Crippen MR) is 88.6 cm³/mol. The van der Waals surface area contributed by atoms with Gasteiger partial charge in [-0.3, -0.25) is 9.59 Å². The summed E-state index contributed by atoms with van der Waals surface area (Å²) in [5, 5.41) is 0. The maximum absolute atomic E-state index is 13.3. The molecular formula is C19H29NO3. The second kappa shape index (κ2) is 6.66. The summed E-state index contributed by atoms with van der Waals surface area (Å²) in [5.41, 5.74) is -0.146. The molecule has 0 radical (unpaired) electrons. The first kappa shape index (κ1) is 16.5. The number of nitrogens with zero attached hydrogens (tertiary/aromatic N) is 1. The van der Waals surface area contributed by atoms with E-state index in [0.29, 0.717) is 19.7 Å². The van der Waals surface area contributed by atoms with Crippen molar-refractivity contribution in [2.24, 2.45) is 23.2 Å². The van der Waals surface area contributed by atoms with Crippen molar-refractivity contribution in [1.82, 2.24) is 4.90 Å². The molecule has 0 N–H and O–H groups in total. The van der Waals surface area contributed by atoms with E-state index in [1.165, 1.54) is 19.3 Å². The highest BCUT2D eigenvalue weighted by molar-refractivity contribution is 5.84. The van der Waals surface area contributed by atoms with Gasteiger partial charge in [0, 0.05) is 13.1 Å². The van der Waals surface area contributed by atoms with Crippen molar-refractivity contribution >= 4 is 11.9 Å². The highest BCUT2D eigenvalue weighted by Crippen LogP contribution is 2.60. The lowest BCUT2D eigenvalue weighted by Crippen LogP contribution is -2.54. The Labute approximate surface area is 139 Å². The molecule has 0 atom stereocenters. The van der Waals surface area contributed by atoms with Crippen LogP contribution in [0.1, 0.15) is 51.9 Å². The zero-order valence-corrected chi connectivity index (χ0v) is 14.3. The summed E-state index contributed by atoms with van der Waals surface area (Å²) < 4.78 is 5.00. The van der Waals surface area contributed by atoms with Gasteiger partial charge in [-0.25, -0.2) is 0 Å². The molecular weight excluding hydrogens is 290 g/mol. The van der Waals surface area contributed by atoms with Crippen LogP contribution in [0.5, 0.6) is 0 Å². The van der Waals surface area contributed by atoms with Gasteiger partial charge in [-0.1, -0.05) is 6.08 Å². The van der Waals surface area contributed by atoms with Gasteiger partial charge in [0.15, 0.2) is 0 Å². The molecule has 1 amide bonds. The minimum atomic E-state index is -0.222. The highest BCUT2D eigenvalue weighted by Gasteiger charge is 2.55. The van der Waals surface area contributed by atoms with Crippen LogP contribution >= 0.6 is 0 Å². The molecule has 0 saturated heterocycles. The molecule has 0 aliphatic heterocycles. The fraction of sp³-hybridized carbons (Fsp3) is 0.789. The molecule has 0 aromatic rings. The maximum atomic E-state index is 13.3. The molecule has 0 aromatic heterocycles. The number of rotatable bonds is 7. The van der Waals surface area contributed by atoms with Gasteiger partial charge >= 0.3 is 5.97 Å². The molecule has 128 valence electrons. The van der Waals surface area contributed by atoms with Crippen molar-refractivity contribution < 1.29 is 14.3 Å². The Morgan fingerprint density at radius 3 is 2.22 bits per heavy atom. The third-order valence-corrected chi connectivity index (χ3v) is 6.02. The molecule has 4 bridgehead atoms. The first-order chi connectivity index (χ1) is 11.1. The van der Waals surface area contributed by atoms with Gasteiger partial charge in [-0.15, -0.1) is 6.58 Å². The lowest BCUT2D eigenvalue weighted by molar-refractivity contribution is -0.158. The second-order valence-corrected chi connectivity index (χ2v) is 7.79. The summed E-state index contributed by atoms with van der Waals surface area (Å²) in [5.74, 6) is 2.29. The summed E-state index contributed by atoms with van der Waals surface area (Å²) in [4.78, 5) is 26.8. The maximum Gasteiger partial charge on any atom is 0.307 e. The van der Waals surface area contributed by atoms with Crippen molar-refractivity contribution in [3.05, 3.63) is 12.7 Å². The van der Waals surface area contributed by atoms with Crippen LogP contribution in [-0.4, -0.2) is 36.5 Å². The third-order valence-electron chi connectivity index (χ3n) is 6.02. The van der Waals surface area contributed by atoms with E-state index < -0.39 is 0 Å². The molecule has 4 rings (SSSR count). The summed E-state index contributed by atoms with van der Waals surface area (Å²) in [6, 6.07) is 0. The Morgan fingerprint density at radius 1 is 1.17 bits per heavy atom. The van der Waals surface area contributed by atoms with Crippen molar-refractivity contribution in [2.45, 2.75) is 51.9 Å². The molecule has 0 heterocycles. The van der Waals surface area contributed by atoms with Crippen molar-refractivity contribution in [2.75, 3.05) is 19.7 Å². The van der Waals surface area contributed by atoms with Gasteiger partial charge in [0.05, 0.1) is 18.4 Å². The number of ether oxygens (including phenoxy) is 1. The van der Waals surface area contributed by atoms with Crippen LogP contribution in [-0.2, 0) is 14.3 Å². The van der Waals surface area contributed by atoms with Gasteiger partial charge in [-0.2, -0.15) is 0 Å². The van der Waals surface area contributed by atoms with Crippen LogP contribution < -0.4 is 0 Å². The van der Waals surface area contributed by atoms with Crippen molar-refractivity contribution in [3.8, 4) is 0 Å². The Balaban J connectivity index is 1.68. The number of amides is 1. The lowest BCUT2D eigenvalue weighted by atomic mass is 9.49. The number of carbonyl (C=O) groups excluding carboxylic acids is 2. The smallest absolute Gasteiger partial charge is 0.307 e. The monoisotopic (exact) mass is 319 g/mol. The van der Waals surface area contributed by atoms with E-state index in [1.54, 1.807) is 13.0 Å². The molecule has 4 fully saturated rings. The third kappa shape index (κ3) is 3.31. The van der Waals surface area contributed by atoms with Crippen LogP contribution in [0.4, 0.5) is 0 Å². The molecule has 4 heteroatoms. The number of hydrogen-bond donors (Lipinski definition) is 0. The molecule has 4 aliphatic rings. The van der Waals surface area contributed by atoms with Gasteiger partial charge < -0.3 is 9.64 Å². The standard InChI is InChI=1S/C19H29NO3/c1-3-6-20(7-5-17(21)23-4-2)18(22)19-11-14-8-15(12-19)10-16(9-14)13-19/h3,14-16H,1,4-13H2,2H3. The zero-order valence-electron chi connectivity index (χ0n) is 14.3. The number of carbonyl (C=O) groups is 2. The Hall–Kier alpha value is -1.32. The summed E-state index contributed by atoms with van der Waals surface area (Å²) in [7, 11) is 0. The first-order valence-corrected chi connectivity index (χ1v) is 9.12. The van der Waals surface area contributed by atoms with E-state index in [9.17, 15) is 9.59 Å². The Bertz CT molecular complexity index is 450. The van der Waals surface area contributed by atoms with Crippen LogP contribution in [0.25, 0.3) is 0 Å². The number of esters is 1. The largest absolute Gasteiger partial charge is 0.466 e. The summed E-state index contributed by atoms with van der Waals surface area (Å²) in [6.45, 7) is 6.96. The highest BCUT2D eigenvalue weighted by atomic mass is 16.5. The van der Waals surface area contributed by atoms with E-state index in [-0.39, 0.29) is 23.7 Å². The molecule has 4 aliphatic carbocycles. The molecule has 4 saturated carbocycles. The zero-order chi connectivity index (χ0) is 16.4. The molecule has 0 unspecified atom stereocenters. The first-order valence-electron chi connectivity index (χ1n) is 9.12. The molecule has 4 nitrogen and oxygen atoms in total. The normalized spacial score (nSPS) is 34.2. The second-order valence-electron chi connectivity index (χ2n) is 7.79. The van der Waals surface area contributed by atoms with Crippen LogP contribution in [0.2, 0.25) is 0 Å². The van der Waals surface area contributed by atoms with Gasteiger partial charge in [-0.05, 0) is 63.2 Å². The van der Waals surface area contributed by atoms with E-state index in [2.05, 4.69) is 6.58 Å². The van der Waals surface area contributed by atoms with E-state index in [4.69, 9.17) is 4.74 Å². The topological polar surface area (TPSA) is 46.6 Å². The Morgan fingerprint density at radius 2 is 1.74 bits per heavy atom. The minimum Gasteiger partial charge on any atom is -0.466 e. The van der Waals surface area contributed by atoms with Gasteiger partial charge in [0.1, 0.15) is 0 Å². The predicted octanol–water partition coefficient (Wildman–Crippen LogP) is 3.17. The van der Waals surface area contributed by atoms with E-state index in [0.717, 1.165) is 37.0 Å². The quantitative estimate of drug-likeness (QED) is 0.535. The minimum absolute atomic E-state index is 0.146. The summed E-state index contributed by atoms with van der Waals surface area (Å²) in [6.07, 6.45) is 9.22. The van der Waals surface area contributed by atoms with Crippen LogP contribution in [0.15, 0.2) is 12.7 Å². The average molecular weight is 319 g/mol. The fourth-order valence-corrected chi connectivity index (χ4v) is 5.60. The van der Waals surface area contributed by atoms with Crippen LogP contribution in [0, 0.1) is 23.2 Å². The van der Waals surface area contributed by atoms with Gasteiger partial charge in [0.2, 0.25) is 5.91 Å². The van der Waals surface area contributed by atoms with E-state index in [1.807, 2.05) is 4.90 Å². The van der Waals surface area contributed by atoms with E-state index >= 15 is 0 Å². The number of hydrogen-bond acceptors (Lipinski definition) is 3. The van der Waals surface area contributed by atoms with Gasteiger partial charge in [0.25, 0.3) is 0 Å². The molecule has 0 aromatic carbocycles. The molecule has 23 heavy (non-hydrogen) atoms. The summed E-state index contributed by atoms with van der Waals surface area (Å²) >= 11 is 0. The SMILES string of the molecule is C=CCN(CCC(=O)OCC)C(=O)C12CC3CC(CC(C3)C1)C2. The van der Waals surface area contributed by atoms with Crippen molar-refractivity contribution in [1.29, 1.82) is 0 Å². The fourth-order valence-electron chi connectivity index (χ4n) is 5.60. The lowest BCUT2D eigenvalue weighted by Gasteiger charge is -2.56. The average Bonchev–Trinajstić information content (AvgIpc) is 2.49. The molecule has 0 spiro atoms. The van der Waals surface area contributed by atoms with Crippen LogP contribution in [0.3, 0.4) is 0 Å². The Kier molecular flexibility index (Phi) is 4.79.